The van der Waals surface area contributed by atoms with E-state index in [4.69, 9.17) is 20.9 Å². The van der Waals surface area contributed by atoms with Gasteiger partial charge in [0.2, 0.25) is 5.82 Å². The van der Waals surface area contributed by atoms with Crippen molar-refractivity contribution in [3.8, 4) is 22.8 Å². The van der Waals surface area contributed by atoms with Crippen LogP contribution < -0.4 is 5.56 Å². The third-order valence-corrected chi connectivity index (χ3v) is 3.71. The van der Waals surface area contributed by atoms with E-state index in [2.05, 4.69) is 10.1 Å². The Kier molecular flexibility index (Phi) is 4.95. The summed E-state index contributed by atoms with van der Waals surface area (Å²) in [6, 6.07) is 10.0. The summed E-state index contributed by atoms with van der Waals surface area (Å²) in [7, 11) is 0. The summed E-state index contributed by atoms with van der Waals surface area (Å²) in [6.07, 6.45) is 1.48. The standard InChI is InChI=1S/C17H14ClN3O4/c1-2-24-15(23)10-21-9-11(7-8-14(21)22)17-19-16(20-25-17)12-5-3-4-6-13(12)18/h3-9H,2,10H2,1H3. The van der Waals surface area contributed by atoms with Gasteiger partial charge in [-0.15, -0.1) is 0 Å². The fourth-order valence-corrected chi connectivity index (χ4v) is 2.44. The van der Waals surface area contributed by atoms with Crippen molar-refractivity contribution < 1.29 is 14.1 Å². The number of pyridine rings is 1. The maximum atomic E-state index is 11.9. The summed E-state index contributed by atoms with van der Waals surface area (Å²) in [5.74, 6) is 0.0558. The van der Waals surface area contributed by atoms with Gasteiger partial charge in [0, 0.05) is 17.8 Å². The molecule has 0 spiro atoms. The molecule has 0 saturated heterocycles. The first-order chi connectivity index (χ1) is 12.1. The van der Waals surface area contributed by atoms with Gasteiger partial charge in [-0.1, -0.05) is 28.9 Å². The Morgan fingerprint density at radius 2 is 2.08 bits per heavy atom. The number of rotatable bonds is 5. The van der Waals surface area contributed by atoms with Gasteiger partial charge in [0.15, 0.2) is 0 Å². The number of hydrogen-bond acceptors (Lipinski definition) is 6. The van der Waals surface area contributed by atoms with Gasteiger partial charge >= 0.3 is 5.97 Å². The van der Waals surface area contributed by atoms with Crippen molar-refractivity contribution in [2.45, 2.75) is 13.5 Å². The number of esters is 1. The molecule has 3 rings (SSSR count). The van der Waals surface area contributed by atoms with Crippen molar-refractivity contribution in [3.63, 3.8) is 0 Å². The summed E-state index contributed by atoms with van der Waals surface area (Å²) in [6.45, 7) is 1.76. The molecule has 0 aliphatic rings. The average Bonchev–Trinajstić information content (AvgIpc) is 3.07. The van der Waals surface area contributed by atoms with E-state index < -0.39 is 5.97 Å². The Hall–Kier alpha value is -2.93. The third kappa shape index (κ3) is 3.77. The molecular weight excluding hydrogens is 346 g/mol. The maximum absolute atomic E-state index is 11.9. The monoisotopic (exact) mass is 359 g/mol. The van der Waals surface area contributed by atoms with Crippen LogP contribution in [0.15, 0.2) is 51.9 Å². The summed E-state index contributed by atoms with van der Waals surface area (Å²) in [4.78, 5) is 27.8. The topological polar surface area (TPSA) is 87.2 Å². The number of benzene rings is 1. The number of halogens is 1. The van der Waals surface area contributed by atoms with Gasteiger partial charge in [0.25, 0.3) is 11.4 Å². The molecule has 2 aromatic heterocycles. The molecule has 0 unspecified atom stereocenters. The minimum Gasteiger partial charge on any atom is -0.465 e. The molecule has 0 atom stereocenters. The van der Waals surface area contributed by atoms with Crippen LogP contribution in [0, 0.1) is 0 Å². The van der Waals surface area contributed by atoms with Crippen molar-refractivity contribution in [2.24, 2.45) is 0 Å². The SMILES string of the molecule is CCOC(=O)Cn1cc(-c2nc(-c3ccccc3Cl)no2)ccc1=O. The van der Waals surface area contributed by atoms with Gasteiger partial charge in [0.05, 0.1) is 17.2 Å². The van der Waals surface area contributed by atoms with Crippen molar-refractivity contribution in [2.75, 3.05) is 6.61 Å². The first kappa shape index (κ1) is 16.9. The van der Waals surface area contributed by atoms with E-state index in [0.29, 0.717) is 22.0 Å². The van der Waals surface area contributed by atoms with Gasteiger partial charge in [-0.05, 0) is 25.1 Å². The molecule has 8 heteroatoms. The van der Waals surface area contributed by atoms with Crippen LogP contribution in [0.5, 0.6) is 0 Å². The fraction of sp³-hybridized carbons (Fsp3) is 0.176. The second-order valence-electron chi connectivity index (χ2n) is 5.09. The second kappa shape index (κ2) is 7.31. The zero-order valence-electron chi connectivity index (χ0n) is 13.3. The van der Waals surface area contributed by atoms with Crippen LogP contribution in [-0.4, -0.2) is 27.3 Å². The van der Waals surface area contributed by atoms with Crippen LogP contribution in [0.2, 0.25) is 5.02 Å². The third-order valence-electron chi connectivity index (χ3n) is 3.38. The summed E-state index contributed by atoms with van der Waals surface area (Å²) in [5.41, 5.74) is 0.816. The van der Waals surface area contributed by atoms with E-state index in [1.165, 1.54) is 16.8 Å². The van der Waals surface area contributed by atoms with Crippen molar-refractivity contribution in [3.05, 3.63) is 58.0 Å². The van der Waals surface area contributed by atoms with Crippen LogP contribution >= 0.6 is 11.6 Å². The molecule has 2 heterocycles. The van der Waals surface area contributed by atoms with E-state index in [9.17, 15) is 9.59 Å². The molecule has 0 aliphatic heterocycles. The van der Waals surface area contributed by atoms with E-state index in [-0.39, 0.29) is 24.6 Å². The zero-order valence-corrected chi connectivity index (χ0v) is 14.1. The lowest BCUT2D eigenvalue weighted by molar-refractivity contribution is -0.143. The van der Waals surface area contributed by atoms with Crippen LogP contribution in [-0.2, 0) is 16.1 Å². The number of nitrogens with zero attached hydrogens (tertiary/aromatic N) is 3. The lowest BCUT2D eigenvalue weighted by Crippen LogP contribution is -2.24. The maximum Gasteiger partial charge on any atom is 0.326 e. The zero-order chi connectivity index (χ0) is 17.8. The highest BCUT2D eigenvalue weighted by Gasteiger charge is 2.14. The van der Waals surface area contributed by atoms with Gasteiger partial charge < -0.3 is 13.8 Å². The van der Waals surface area contributed by atoms with E-state index >= 15 is 0 Å². The van der Waals surface area contributed by atoms with E-state index in [1.54, 1.807) is 31.2 Å². The molecule has 1 aromatic carbocycles. The Balaban J connectivity index is 1.92. The highest BCUT2D eigenvalue weighted by atomic mass is 35.5. The summed E-state index contributed by atoms with van der Waals surface area (Å²) in [5, 5.41) is 4.42. The number of ether oxygens (including phenoxy) is 1. The van der Waals surface area contributed by atoms with E-state index in [0.717, 1.165) is 0 Å². The number of carbonyl (C=O) groups is 1. The molecule has 0 N–H and O–H groups in total. The molecule has 0 fully saturated rings. The highest BCUT2D eigenvalue weighted by molar-refractivity contribution is 6.33. The van der Waals surface area contributed by atoms with Gasteiger partial charge in [-0.3, -0.25) is 9.59 Å². The molecule has 128 valence electrons. The van der Waals surface area contributed by atoms with Crippen molar-refractivity contribution >= 4 is 17.6 Å². The molecule has 3 aromatic rings. The average molecular weight is 360 g/mol. The quantitative estimate of drug-likeness (QED) is 0.651. The molecule has 0 amide bonds. The molecule has 0 aliphatic carbocycles. The molecule has 0 radical (unpaired) electrons. The minimum absolute atomic E-state index is 0.188. The Morgan fingerprint density at radius 1 is 1.28 bits per heavy atom. The normalized spacial score (nSPS) is 10.6. The Bertz CT molecular complexity index is 964. The first-order valence-electron chi connectivity index (χ1n) is 7.53. The smallest absolute Gasteiger partial charge is 0.326 e. The van der Waals surface area contributed by atoms with Gasteiger partial charge in [-0.25, -0.2) is 0 Å². The minimum atomic E-state index is -0.496. The number of carbonyl (C=O) groups excluding carboxylic acids is 1. The van der Waals surface area contributed by atoms with E-state index in [1.807, 2.05) is 6.07 Å². The largest absolute Gasteiger partial charge is 0.465 e. The predicted octanol–water partition coefficient (Wildman–Crippen LogP) is 2.78. The van der Waals surface area contributed by atoms with Crippen molar-refractivity contribution in [1.29, 1.82) is 0 Å². The predicted molar refractivity (Wildman–Crippen MR) is 91.1 cm³/mol. The molecule has 7 nitrogen and oxygen atoms in total. The Morgan fingerprint density at radius 3 is 2.84 bits per heavy atom. The Labute approximate surface area is 147 Å². The van der Waals surface area contributed by atoms with Gasteiger partial charge in [-0.2, -0.15) is 4.98 Å². The van der Waals surface area contributed by atoms with Crippen LogP contribution in [0.25, 0.3) is 22.8 Å². The molecular formula is C17H14ClN3O4. The molecule has 0 bridgehead atoms. The summed E-state index contributed by atoms with van der Waals surface area (Å²) < 4.78 is 11.3. The number of hydrogen-bond donors (Lipinski definition) is 0. The molecule has 0 saturated carbocycles. The number of aromatic nitrogens is 3. The fourth-order valence-electron chi connectivity index (χ4n) is 2.22. The second-order valence-corrected chi connectivity index (χ2v) is 5.50. The lowest BCUT2D eigenvalue weighted by atomic mass is 10.2. The van der Waals surface area contributed by atoms with Crippen LogP contribution in [0.1, 0.15) is 6.92 Å². The highest BCUT2D eigenvalue weighted by Crippen LogP contribution is 2.27. The molecule has 25 heavy (non-hydrogen) atoms. The van der Waals surface area contributed by atoms with Crippen molar-refractivity contribution in [1.82, 2.24) is 14.7 Å². The lowest BCUT2D eigenvalue weighted by Gasteiger charge is -2.05. The summed E-state index contributed by atoms with van der Waals surface area (Å²) >= 11 is 6.13. The van der Waals surface area contributed by atoms with Gasteiger partial charge in [0.1, 0.15) is 6.54 Å². The van der Waals surface area contributed by atoms with Crippen LogP contribution in [0.3, 0.4) is 0 Å². The van der Waals surface area contributed by atoms with Crippen LogP contribution in [0.4, 0.5) is 0 Å². The first-order valence-corrected chi connectivity index (χ1v) is 7.91.